The van der Waals surface area contributed by atoms with Crippen molar-refractivity contribution in [2.24, 2.45) is 0 Å². The number of carbonyl (C=O) groups is 1. The third kappa shape index (κ3) is 2.46. The highest BCUT2D eigenvalue weighted by Gasteiger charge is 2.32. The van der Waals surface area contributed by atoms with Crippen molar-refractivity contribution in [2.75, 3.05) is 6.54 Å². The number of aromatic nitrogens is 3. The average molecular weight is 288 g/mol. The number of amides is 1. The molecule has 1 unspecified atom stereocenters. The van der Waals surface area contributed by atoms with E-state index in [1.807, 2.05) is 17.9 Å². The minimum Gasteiger partial charge on any atom is -0.361 e. The maximum absolute atomic E-state index is 13.0. The second-order valence-corrected chi connectivity index (χ2v) is 5.44. The van der Waals surface area contributed by atoms with E-state index in [1.54, 1.807) is 13.1 Å². The molecule has 1 fully saturated rings. The van der Waals surface area contributed by atoms with Gasteiger partial charge in [0.1, 0.15) is 11.3 Å². The summed E-state index contributed by atoms with van der Waals surface area (Å²) in [5, 5.41) is 11.0. The molecule has 0 saturated carbocycles. The Kier molecular flexibility index (Phi) is 3.77. The van der Waals surface area contributed by atoms with Crippen LogP contribution in [0.1, 0.15) is 59.7 Å². The van der Waals surface area contributed by atoms with Crippen molar-refractivity contribution < 1.29 is 9.32 Å². The predicted octanol–water partition coefficient (Wildman–Crippen LogP) is 2.64. The van der Waals surface area contributed by atoms with Gasteiger partial charge >= 0.3 is 0 Å². The maximum Gasteiger partial charge on any atom is 0.259 e. The number of aryl methyl sites for hydroxylation is 2. The van der Waals surface area contributed by atoms with E-state index in [9.17, 15) is 4.79 Å². The van der Waals surface area contributed by atoms with E-state index in [1.165, 1.54) is 0 Å². The lowest BCUT2D eigenvalue weighted by Gasteiger charge is -2.35. The summed E-state index contributed by atoms with van der Waals surface area (Å²) < 4.78 is 5.21. The molecule has 3 rings (SSSR count). The van der Waals surface area contributed by atoms with Crippen LogP contribution in [0.2, 0.25) is 0 Å². The van der Waals surface area contributed by atoms with Crippen molar-refractivity contribution in [2.45, 2.75) is 45.6 Å². The molecule has 0 spiro atoms. The molecular formula is C15H20N4O2. The predicted molar refractivity (Wildman–Crippen MR) is 76.8 cm³/mol. The smallest absolute Gasteiger partial charge is 0.259 e. The second kappa shape index (κ2) is 5.71. The zero-order valence-corrected chi connectivity index (χ0v) is 12.4. The van der Waals surface area contributed by atoms with E-state index in [0.717, 1.165) is 37.2 Å². The lowest BCUT2D eigenvalue weighted by Crippen LogP contribution is -2.39. The number of carbonyl (C=O) groups excluding carboxylic acids is 1. The monoisotopic (exact) mass is 288 g/mol. The quantitative estimate of drug-likeness (QED) is 0.942. The van der Waals surface area contributed by atoms with Crippen molar-refractivity contribution in [1.29, 1.82) is 0 Å². The Morgan fingerprint density at radius 1 is 1.52 bits per heavy atom. The number of hydrogen-bond donors (Lipinski definition) is 1. The van der Waals surface area contributed by atoms with Crippen molar-refractivity contribution in [3.63, 3.8) is 0 Å². The van der Waals surface area contributed by atoms with Crippen molar-refractivity contribution in [1.82, 2.24) is 20.3 Å². The molecule has 2 aromatic rings. The van der Waals surface area contributed by atoms with E-state index < -0.39 is 0 Å². The van der Waals surface area contributed by atoms with Gasteiger partial charge in [-0.05, 0) is 38.7 Å². The van der Waals surface area contributed by atoms with Crippen LogP contribution in [0.5, 0.6) is 0 Å². The Labute approximate surface area is 123 Å². The third-order valence-corrected chi connectivity index (χ3v) is 4.13. The highest BCUT2D eigenvalue weighted by atomic mass is 16.5. The van der Waals surface area contributed by atoms with Gasteiger partial charge in [0.2, 0.25) is 0 Å². The molecule has 1 N–H and O–H groups in total. The molecule has 112 valence electrons. The fourth-order valence-electron chi connectivity index (χ4n) is 3.03. The van der Waals surface area contributed by atoms with Gasteiger partial charge in [0.25, 0.3) is 5.91 Å². The highest BCUT2D eigenvalue weighted by molar-refractivity contribution is 5.96. The van der Waals surface area contributed by atoms with E-state index in [-0.39, 0.29) is 11.9 Å². The van der Waals surface area contributed by atoms with Gasteiger partial charge in [-0.15, -0.1) is 0 Å². The highest BCUT2D eigenvalue weighted by Crippen LogP contribution is 2.32. The molecule has 2 aromatic heterocycles. The van der Waals surface area contributed by atoms with Crippen LogP contribution in [0.3, 0.4) is 0 Å². The van der Waals surface area contributed by atoms with Gasteiger partial charge in [0.15, 0.2) is 0 Å². The molecule has 21 heavy (non-hydrogen) atoms. The van der Waals surface area contributed by atoms with Gasteiger partial charge in [-0.1, -0.05) is 12.1 Å². The summed E-state index contributed by atoms with van der Waals surface area (Å²) in [5.41, 5.74) is 2.37. The SMILES string of the molecule is CCc1noc(C)c1C(=O)N1CCCCC1c1ccn[nH]1. The summed E-state index contributed by atoms with van der Waals surface area (Å²) in [6, 6.07) is 2.00. The number of rotatable bonds is 3. The Bertz CT molecular complexity index is 618. The largest absolute Gasteiger partial charge is 0.361 e. The molecule has 0 aliphatic carbocycles. The van der Waals surface area contributed by atoms with Gasteiger partial charge in [-0.2, -0.15) is 5.10 Å². The number of aromatic amines is 1. The number of likely N-dealkylation sites (tertiary alicyclic amines) is 1. The zero-order chi connectivity index (χ0) is 14.8. The summed E-state index contributed by atoms with van der Waals surface area (Å²) in [7, 11) is 0. The van der Waals surface area contributed by atoms with E-state index in [4.69, 9.17) is 4.52 Å². The number of nitrogens with one attached hydrogen (secondary N) is 1. The normalized spacial score (nSPS) is 19.0. The molecular weight excluding hydrogens is 268 g/mol. The summed E-state index contributed by atoms with van der Waals surface area (Å²) in [4.78, 5) is 14.9. The standard InChI is InChI=1S/C15H20N4O2/c1-3-11-14(10(2)21-18-11)15(20)19-9-5-4-6-13(19)12-7-8-16-17-12/h7-8,13H,3-6,9H2,1-2H3,(H,16,17). The summed E-state index contributed by atoms with van der Waals surface area (Å²) in [5.74, 6) is 0.621. The molecule has 0 bridgehead atoms. The van der Waals surface area contributed by atoms with Crippen LogP contribution in [0.15, 0.2) is 16.8 Å². The van der Waals surface area contributed by atoms with Crippen LogP contribution in [-0.4, -0.2) is 32.7 Å². The fraction of sp³-hybridized carbons (Fsp3) is 0.533. The van der Waals surface area contributed by atoms with Gasteiger partial charge in [0.05, 0.1) is 17.4 Å². The van der Waals surface area contributed by atoms with Gasteiger partial charge in [0, 0.05) is 12.7 Å². The summed E-state index contributed by atoms with van der Waals surface area (Å²) in [6.07, 6.45) is 5.54. The van der Waals surface area contributed by atoms with E-state index in [2.05, 4.69) is 15.4 Å². The third-order valence-electron chi connectivity index (χ3n) is 4.13. The van der Waals surface area contributed by atoms with E-state index in [0.29, 0.717) is 17.7 Å². The Balaban J connectivity index is 1.93. The average Bonchev–Trinajstić information content (AvgIpc) is 3.16. The minimum absolute atomic E-state index is 0.0184. The number of H-pyrrole nitrogens is 1. The molecule has 1 aliphatic heterocycles. The van der Waals surface area contributed by atoms with Gasteiger partial charge < -0.3 is 9.42 Å². The Hall–Kier alpha value is -2.11. The first-order valence-corrected chi connectivity index (χ1v) is 7.47. The van der Waals surface area contributed by atoms with Crippen LogP contribution >= 0.6 is 0 Å². The van der Waals surface area contributed by atoms with Crippen molar-refractivity contribution >= 4 is 5.91 Å². The second-order valence-electron chi connectivity index (χ2n) is 5.44. The molecule has 1 saturated heterocycles. The van der Waals surface area contributed by atoms with Crippen LogP contribution in [0.4, 0.5) is 0 Å². The molecule has 3 heterocycles. The first-order chi connectivity index (χ1) is 10.2. The number of hydrogen-bond acceptors (Lipinski definition) is 4. The molecule has 0 aromatic carbocycles. The molecule has 1 aliphatic rings. The van der Waals surface area contributed by atoms with Crippen LogP contribution in [-0.2, 0) is 6.42 Å². The van der Waals surface area contributed by atoms with Crippen LogP contribution < -0.4 is 0 Å². The fourth-order valence-corrected chi connectivity index (χ4v) is 3.03. The van der Waals surface area contributed by atoms with Gasteiger partial charge in [-0.3, -0.25) is 9.89 Å². The Morgan fingerprint density at radius 3 is 3.10 bits per heavy atom. The first kappa shape index (κ1) is 13.9. The van der Waals surface area contributed by atoms with Crippen LogP contribution in [0, 0.1) is 6.92 Å². The minimum atomic E-state index is 0.0184. The van der Waals surface area contributed by atoms with Crippen molar-refractivity contribution in [3.05, 3.63) is 35.0 Å². The van der Waals surface area contributed by atoms with Crippen LogP contribution in [0.25, 0.3) is 0 Å². The van der Waals surface area contributed by atoms with Gasteiger partial charge in [-0.25, -0.2) is 0 Å². The van der Waals surface area contributed by atoms with E-state index >= 15 is 0 Å². The molecule has 1 amide bonds. The number of piperidine rings is 1. The van der Waals surface area contributed by atoms with Crippen molar-refractivity contribution in [3.8, 4) is 0 Å². The topological polar surface area (TPSA) is 75.0 Å². The molecule has 0 radical (unpaired) electrons. The molecule has 6 heteroatoms. The summed E-state index contributed by atoms with van der Waals surface area (Å²) in [6.45, 7) is 4.54. The zero-order valence-electron chi connectivity index (χ0n) is 12.4. The first-order valence-electron chi connectivity index (χ1n) is 7.47. The molecule has 6 nitrogen and oxygen atoms in total. The number of nitrogens with zero attached hydrogens (tertiary/aromatic N) is 3. The molecule has 1 atom stereocenters. The maximum atomic E-state index is 13.0. The Morgan fingerprint density at radius 2 is 2.38 bits per heavy atom. The lowest BCUT2D eigenvalue weighted by atomic mass is 9.97. The summed E-state index contributed by atoms with van der Waals surface area (Å²) >= 11 is 0. The lowest BCUT2D eigenvalue weighted by molar-refractivity contribution is 0.0603.